The number of hydrogen-bond acceptors (Lipinski definition) is 4. The van der Waals surface area contributed by atoms with Crippen molar-refractivity contribution in [1.82, 2.24) is 15.1 Å². The maximum absolute atomic E-state index is 12.7. The van der Waals surface area contributed by atoms with Crippen molar-refractivity contribution in [2.45, 2.75) is 13.8 Å². The fourth-order valence-corrected chi connectivity index (χ4v) is 3.93. The number of anilines is 1. The normalized spacial score (nSPS) is 11.1. The highest BCUT2D eigenvalue weighted by Gasteiger charge is 2.22. The van der Waals surface area contributed by atoms with Crippen LogP contribution in [0.25, 0.3) is 10.1 Å². The summed E-state index contributed by atoms with van der Waals surface area (Å²) < 4.78 is 2.38. The number of thiophene rings is 1. The lowest BCUT2D eigenvalue weighted by Gasteiger charge is -2.10. The Labute approximate surface area is 160 Å². The monoisotopic (exact) mass is 390 g/mol. The Bertz CT molecular complexity index is 977. The molecule has 2 N–H and O–H groups in total. The molecule has 26 heavy (non-hydrogen) atoms. The van der Waals surface area contributed by atoms with Gasteiger partial charge in [0.1, 0.15) is 10.6 Å². The van der Waals surface area contributed by atoms with Gasteiger partial charge in [-0.15, -0.1) is 11.3 Å². The first-order chi connectivity index (χ1) is 12.4. The van der Waals surface area contributed by atoms with Crippen LogP contribution in [-0.4, -0.2) is 28.1 Å². The Balaban J connectivity index is 1.85. The van der Waals surface area contributed by atoms with Crippen LogP contribution in [0.1, 0.15) is 34.0 Å². The van der Waals surface area contributed by atoms with Gasteiger partial charge in [0.15, 0.2) is 0 Å². The molecule has 1 aromatic carbocycles. The smallest absolute Gasteiger partial charge is 0.271 e. The van der Waals surface area contributed by atoms with Crippen molar-refractivity contribution in [2.24, 2.45) is 13.0 Å². The van der Waals surface area contributed by atoms with Gasteiger partial charge in [0, 0.05) is 23.7 Å². The molecule has 0 radical (unpaired) electrons. The molecule has 0 fully saturated rings. The molecule has 3 aromatic rings. The molecular weight excluding hydrogens is 372 g/mol. The van der Waals surface area contributed by atoms with Gasteiger partial charge in [0.2, 0.25) is 0 Å². The minimum Gasteiger partial charge on any atom is -0.350 e. The standard InChI is InChI=1S/C18H19ClN4O2S/c1-10(2)8-20-17(24)15-12(9-21-23(15)3)22-18(25)16-14(19)11-6-4-5-7-13(11)26-16/h4-7,9-10H,8H2,1-3H3,(H,20,24)(H,22,25). The van der Waals surface area contributed by atoms with E-state index in [2.05, 4.69) is 15.7 Å². The topological polar surface area (TPSA) is 76.0 Å². The van der Waals surface area contributed by atoms with E-state index < -0.39 is 0 Å². The fourth-order valence-electron chi connectivity index (χ4n) is 2.52. The number of rotatable bonds is 5. The largest absolute Gasteiger partial charge is 0.350 e. The van der Waals surface area contributed by atoms with Gasteiger partial charge in [0.25, 0.3) is 11.8 Å². The molecule has 0 spiro atoms. The molecule has 136 valence electrons. The molecular formula is C18H19ClN4O2S. The average molecular weight is 391 g/mol. The third-order valence-electron chi connectivity index (χ3n) is 3.81. The molecule has 0 bridgehead atoms. The second-order valence-electron chi connectivity index (χ2n) is 6.33. The van der Waals surface area contributed by atoms with Crippen LogP contribution < -0.4 is 10.6 Å². The number of carbonyl (C=O) groups is 2. The second-order valence-corrected chi connectivity index (χ2v) is 7.76. The van der Waals surface area contributed by atoms with Crippen LogP contribution in [-0.2, 0) is 7.05 Å². The van der Waals surface area contributed by atoms with Gasteiger partial charge in [0.05, 0.1) is 16.9 Å². The summed E-state index contributed by atoms with van der Waals surface area (Å²) in [7, 11) is 1.66. The van der Waals surface area contributed by atoms with E-state index in [1.807, 2.05) is 38.1 Å². The molecule has 2 amide bonds. The van der Waals surface area contributed by atoms with Crippen molar-refractivity contribution in [2.75, 3.05) is 11.9 Å². The molecule has 0 atom stereocenters. The zero-order chi connectivity index (χ0) is 18.8. The number of nitrogens with zero attached hydrogens (tertiary/aromatic N) is 2. The van der Waals surface area contributed by atoms with E-state index in [0.717, 1.165) is 10.1 Å². The maximum atomic E-state index is 12.7. The molecule has 2 heterocycles. The van der Waals surface area contributed by atoms with Gasteiger partial charge in [-0.25, -0.2) is 0 Å². The third-order valence-corrected chi connectivity index (χ3v) is 5.49. The first-order valence-corrected chi connectivity index (χ1v) is 9.36. The summed E-state index contributed by atoms with van der Waals surface area (Å²) in [6.45, 7) is 4.56. The minimum absolute atomic E-state index is 0.281. The molecule has 0 saturated heterocycles. The predicted molar refractivity (Wildman–Crippen MR) is 105 cm³/mol. The number of hydrogen-bond donors (Lipinski definition) is 2. The SMILES string of the molecule is CC(C)CNC(=O)c1c(NC(=O)c2sc3ccccc3c2Cl)cnn1C. The van der Waals surface area contributed by atoms with E-state index in [4.69, 9.17) is 11.6 Å². The molecule has 3 rings (SSSR count). The minimum atomic E-state index is -0.359. The zero-order valence-corrected chi connectivity index (χ0v) is 16.2. The molecule has 0 aliphatic heterocycles. The summed E-state index contributed by atoms with van der Waals surface area (Å²) in [5.74, 6) is -0.318. The zero-order valence-electron chi connectivity index (χ0n) is 14.7. The number of amides is 2. The Morgan fingerprint density at radius 2 is 2.00 bits per heavy atom. The highest BCUT2D eigenvalue weighted by Crippen LogP contribution is 2.35. The summed E-state index contributed by atoms with van der Waals surface area (Å²) in [6.07, 6.45) is 1.46. The first kappa shape index (κ1) is 18.4. The van der Waals surface area contributed by atoms with E-state index in [9.17, 15) is 9.59 Å². The average Bonchev–Trinajstić information content (AvgIpc) is 3.13. The van der Waals surface area contributed by atoms with E-state index in [-0.39, 0.29) is 11.8 Å². The van der Waals surface area contributed by atoms with Crippen molar-refractivity contribution < 1.29 is 9.59 Å². The number of carbonyl (C=O) groups excluding carboxylic acids is 2. The summed E-state index contributed by atoms with van der Waals surface area (Å²) in [5, 5.41) is 10.9. The molecule has 0 unspecified atom stereocenters. The number of nitrogens with one attached hydrogen (secondary N) is 2. The summed E-state index contributed by atoms with van der Waals surface area (Å²) >= 11 is 7.67. The van der Waals surface area contributed by atoms with Crippen molar-refractivity contribution >= 4 is 50.5 Å². The van der Waals surface area contributed by atoms with E-state index in [0.29, 0.717) is 33.7 Å². The molecule has 8 heteroatoms. The van der Waals surface area contributed by atoms with Crippen LogP contribution in [0.3, 0.4) is 0 Å². The Hall–Kier alpha value is -2.38. The number of benzene rings is 1. The lowest BCUT2D eigenvalue weighted by Crippen LogP contribution is -2.30. The highest BCUT2D eigenvalue weighted by molar-refractivity contribution is 7.21. The molecule has 0 aliphatic carbocycles. The van der Waals surface area contributed by atoms with Gasteiger partial charge < -0.3 is 10.6 Å². The van der Waals surface area contributed by atoms with Gasteiger partial charge in [-0.05, 0) is 12.0 Å². The Kier molecular flexibility index (Phi) is 5.29. The van der Waals surface area contributed by atoms with Crippen LogP contribution in [0.4, 0.5) is 5.69 Å². The predicted octanol–water partition coefficient (Wildman–Crippen LogP) is 3.93. The van der Waals surface area contributed by atoms with Crippen LogP contribution in [0.5, 0.6) is 0 Å². The van der Waals surface area contributed by atoms with Crippen LogP contribution >= 0.6 is 22.9 Å². The van der Waals surface area contributed by atoms with Crippen LogP contribution in [0, 0.1) is 5.92 Å². The van der Waals surface area contributed by atoms with Gasteiger partial charge in [-0.3, -0.25) is 14.3 Å². The Morgan fingerprint density at radius 1 is 1.27 bits per heavy atom. The van der Waals surface area contributed by atoms with Crippen molar-refractivity contribution in [3.63, 3.8) is 0 Å². The van der Waals surface area contributed by atoms with Gasteiger partial charge >= 0.3 is 0 Å². The fraction of sp³-hybridized carbons (Fsp3) is 0.278. The highest BCUT2D eigenvalue weighted by atomic mass is 35.5. The number of aryl methyl sites for hydroxylation is 1. The number of halogens is 1. The Morgan fingerprint density at radius 3 is 2.69 bits per heavy atom. The van der Waals surface area contributed by atoms with E-state index in [1.165, 1.54) is 22.2 Å². The molecule has 6 nitrogen and oxygen atoms in total. The van der Waals surface area contributed by atoms with Gasteiger partial charge in [-0.1, -0.05) is 43.6 Å². The van der Waals surface area contributed by atoms with Crippen molar-refractivity contribution in [3.8, 4) is 0 Å². The lowest BCUT2D eigenvalue weighted by molar-refractivity contribution is 0.0940. The maximum Gasteiger partial charge on any atom is 0.271 e. The number of fused-ring (bicyclic) bond motifs is 1. The second kappa shape index (κ2) is 7.47. The van der Waals surface area contributed by atoms with Crippen LogP contribution in [0.15, 0.2) is 30.5 Å². The summed E-state index contributed by atoms with van der Waals surface area (Å²) in [4.78, 5) is 25.5. The van der Waals surface area contributed by atoms with Crippen molar-refractivity contribution in [3.05, 3.63) is 46.1 Å². The van der Waals surface area contributed by atoms with Gasteiger partial charge in [-0.2, -0.15) is 5.10 Å². The van der Waals surface area contributed by atoms with E-state index >= 15 is 0 Å². The molecule has 0 aliphatic rings. The van der Waals surface area contributed by atoms with E-state index in [1.54, 1.807) is 7.05 Å². The van der Waals surface area contributed by atoms with Crippen molar-refractivity contribution in [1.29, 1.82) is 0 Å². The summed E-state index contributed by atoms with van der Waals surface area (Å²) in [6, 6.07) is 7.56. The van der Waals surface area contributed by atoms with Crippen LogP contribution in [0.2, 0.25) is 5.02 Å². The lowest BCUT2D eigenvalue weighted by atomic mass is 10.2. The quantitative estimate of drug-likeness (QED) is 0.693. The first-order valence-electron chi connectivity index (χ1n) is 8.17. The third kappa shape index (κ3) is 3.59. The molecule has 0 saturated carbocycles. The molecule has 2 aromatic heterocycles. The number of aromatic nitrogens is 2. The summed E-state index contributed by atoms with van der Waals surface area (Å²) in [5.41, 5.74) is 0.656.